The van der Waals surface area contributed by atoms with E-state index in [-0.39, 0.29) is 11.5 Å². The average molecular weight is 314 g/mol. The monoisotopic (exact) mass is 313 g/mol. The van der Waals surface area contributed by atoms with Crippen molar-refractivity contribution in [1.29, 1.82) is 0 Å². The van der Waals surface area contributed by atoms with E-state index in [2.05, 4.69) is 26.1 Å². The topological polar surface area (TPSA) is 77.0 Å². The molecular weight excluding hydrogens is 302 g/mol. The predicted molar refractivity (Wildman–Crippen MR) is 69.4 cm³/mol. The molecule has 0 fully saturated rings. The van der Waals surface area contributed by atoms with Gasteiger partial charge >= 0.3 is 5.97 Å². The van der Waals surface area contributed by atoms with Crippen molar-refractivity contribution in [3.63, 3.8) is 0 Å². The third kappa shape index (κ3) is 2.05. The van der Waals surface area contributed by atoms with Crippen molar-refractivity contribution in [2.24, 2.45) is 0 Å². The van der Waals surface area contributed by atoms with E-state index in [1.54, 1.807) is 24.6 Å². The summed E-state index contributed by atoms with van der Waals surface area (Å²) >= 11 is 3.30. The standard InChI is InChI=1S/C11H12BrN3O3/c1-3-18-11(17)6(2)15-5-7(12)9-8(15)4-13-14-10(9)16/h4-6H,3H2,1-2H3,(H,14,16). The first kappa shape index (κ1) is 12.8. The number of nitrogens with one attached hydrogen (secondary N) is 1. The van der Waals surface area contributed by atoms with Crippen molar-refractivity contribution in [3.05, 3.63) is 27.2 Å². The van der Waals surface area contributed by atoms with Gasteiger partial charge in [0, 0.05) is 10.7 Å². The van der Waals surface area contributed by atoms with Gasteiger partial charge in [-0.05, 0) is 29.8 Å². The average Bonchev–Trinajstić information content (AvgIpc) is 2.67. The van der Waals surface area contributed by atoms with Crippen molar-refractivity contribution < 1.29 is 9.53 Å². The van der Waals surface area contributed by atoms with Gasteiger partial charge < -0.3 is 9.30 Å². The van der Waals surface area contributed by atoms with E-state index in [4.69, 9.17) is 4.74 Å². The lowest BCUT2D eigenvalue weighted by Crippen LogP contribution is -2.19. The number of aromatic amines is 1. The molecule has 1 N–H and O–H groups in total. The van der Waals surface area contributed by atoms with Crippen molar-refractivity contribution in [2.75, 3.05) is 6.61 Å². The van der Waals surface area contributed by atoms with E-state index in [1.807, 2.05) is 0 Å². The molecule has 6 nitrogen and oxygen atoms in total. The maximum Gasteiger partial charge on any atom is 0.328 e. The predicted octanol–water partition coefficient (Wildman–Crippen LogP) is 1.61. The van der Waals surface area contributed by atoms with Crippen molar-refractivity contribution in [2.45, 2.75) is 19.9 Å². The molecule has 2 aromatic rings. The summed E-state index contributed by atoms with van der Waals surface area (Å²) in [6.45, 7) is 3.79. The minimum atomic E-state index is -0.512. The van der Waals surface area contributed by atoms with Crippen molar-refractivity contribution in [3.8, 4) is 0 Å². The van der Waals surface area contributed by atoms with Crippen LogP contribution in [0.15, 0.2) is 21.7 Å². The molecule has 0 spiro atoms. The molecule has 0 aliphatic carbocycles. The van der Waals surface area contributed by atoms with Crippen molar-refractivity contribution >= 4 is 32.8 Å². The van der Waals surface area contributed by atoms with Gasteiger partial charge in [0.05, 0.1) is 23.7 Å². The zero-order valence-corrected chi connectivity index (χ0v) is 11.5. The van der Waals surface area contributed by atoms with Gasteiger partial charge in [0.2, 0.25) is 0 Å². The molecule has 2 rings (SSSR count). The highest BCUT2D eigenvalue weighted by Gasteiger charge is 2.20. The fraction of sp³-hybridized carbons (Fsp3) is 0.364. The summed E-state index contributed by atoms with van der Waals surface area (Å²) < 4.78 is 7.25. The van der Waals surface area contributed by atoms with Gasteiger partial charge in [-0.3, -0.25) is 4.79 Å². The normalized spacial score (nSPS) is 12.6. The third-order valence-corrected chi connectivity index (χ3v) is 3.25. The van der Waals surface area contributed by atoms with Gasteiger partial charge in [0.15, 0.2) is 0 Å². The van der Waals surface area contributed by atoms with Crippen LogP contribution in [0.3, 0.4) is 0 Å². The van der Waals surface area contributed by atoms with Crippen LogP contribution in [-0.4, -0.2) is 27.3 Å². The quantitative estimate of drug-likeness (QED) is 0.873. The Kier molecular flexibility index (Phi) is 3.51. The zero-order chi connectivity index (χ0) is 13.3. The molecule has 2 heterocycles. The lowest BCUT2D eigenvalue weighted by atomic mass is 10.3. The second-order valence-corrected chi connectivity index (χ2v) is 4.63. The molecule has 0 bridgehead atoms. The number of hydrogen-bond acceptors (Lipinski definition) is 4. The number of esters is 1. The van der Waals surface area contributed by atoms with E-state index in [1.165, 1.54) is 6.20 Å². The van der Waals surface area contributed by atoms with Crippen molar-refractivity contribution in [1.82, 2.24) is 14.8 Å². The molecule has 2 aromatic heterocycles. The number of carbonyl (C=O) groups excluding carboxylic acids is 1. The first-order valence-corrected chi connectivity index (χ1v) is 6.26. The Hall–Kier alpha value is -1.63. The fourth-order valence-electron chi connectivity index (χ4n) is 1.77. The molecule has 0 saturated carbocycles. The molecule has 0 aromatic carbocycles. The molecule has 7 heteroatoms. The molecular formula is C11H12BrN3O3. The van der Waals surface area contributed by atoms with Gasteiger partial charge in [-0.15, -0.1) is 0 Å². The highest BCUT2D eigenvalue weighted by atomic mass is 79.9. The summed E-state index contributed by atoms with van der Waals surface area (Å²) in [4.78, 5) is 23.4. The Morgan fingerprint density at radius 2 is 2.39 bits per heavy atom. The van der Waals surface area contributed by atoms with Gasteiger partial charge in [-0.25, -0.2) is 9.89 Å². The third-order valence-electron chi connectivity index (χ3n) is 2.65. The summed E-state index contributed by atoms with van der Waals surface area (Å²) in [7, 11) is 0. The Labute approximate surface area is 111 Å². The zero-order valence-electron chi connectivity index (χ0n) is 9.94. The Balaban J connectivity index is 2.56. The van der Waals surface area contributed by atoms with Crippen LogP contribution in [0.25, 0.3) is 10.9 Å². The van der Waals surface area contributed by atoms with E-state index in [9.17, 15) is 9.59 Å². The molecule has 0 aliphatic heterocycles. The Morgan fingerprint density at radius 3 is 3.06 bits per heavy atom. The second-order valence-electron chi connectivity index (χ2n) is 3.77. The lowest BCUT2D eigenvalue weighted by Gasteiger charge is -2.13. The highest BCUT2D eigenvalue weighted by molar-refractivity contribution is 9.10. The SMILES string of the molecule is CCOC(=O)C(C)n1cc(Br)c2c(=O)[nH]ncc21. The van der Waals surface area contributed by atoms with Gasteiger partial charge in [0.1, 0.15) is 6.04 Å². The molecule has 18 heavy (non-hydrogen) atoms. The van der Waals surface area contributed by atoms with E-state index >= 15 is 0 Å². The summed E-state index contributed by atoms with van der Waals surface area (Å²) in [5.41, 5.74) is 0.292. The first-order valence-electron chi connectivity index (χ1n) is 5.46. The number of aromatic nitrogens is 3. The number of rotatable bonds is 3. The number of halogens is 1. The summed E-state index contributed by atoms with van der Waals surface area (Å²) in [5, 5.41) is 6.57. The molecule has 0 amide bonds. The highest BCUT2D eigenvalue weighted by Crippen LogP contribution is 2.25. The maximum atomic E-state index is 11.7. The van der Waals surface area contributed by atoms with Gasteiger partial charge in [0.25, 0.3) is 5.56 Å². The van der Waals surface area contributed by atoms with Crippen LogP contribution in [-0.2, 0) is 9.53 Å². The Bertz CT molecular complexity index is 647. The van der Waals surface area contributed by atoms with Gasteiger partial charge in [-0.2, -0.15) is 5.10 Å². The number of ether oxygens (including phenoxy) is 1. The molecule has 0 saturated heterocycles. The van der Waals surface area contributed by atoms with Crippen LogP contribution in [0, 0.1) is 0 Å². The smallest absolute Gasteiger partial charge is 0.328 e. The fourth-order valence-corrected chi connectivity index (χ4v) is 2.37. The van der Waals surface area contributed by atoms with Crippen LogP contribution in [0.1, 0.15) is 19.9 Å². The lowest BCUT2D eigenvalue weighted by molar-refractivity contribution is -0.146. The number of nitrogens with zero attached hydrogens (tertiary/aromatic N) is 2. The van der Waals surface area contributed by atoms with Crippen LogP contribution in [0.5, 0.6) is 0 Å². The minimum absolute atomic E-state index is 0.297. The largest absolute Gasteiger partial charge is 0.464 e. The maximum absolute atomic E-state index is 11.7. The molecule has 96 valence electrons. The molecule has 1 atom stereocenters. The van der Waals surface area contributed by atoms with Crippen LogP contribution < -0.4 is 5.56 Å². The Morgan fingerprint density at radius 1 is 1.67 bits per heavy atom. The summed E-state index contributed by atoms with van der Waals surface area (Å²) in [5.74, 6) is -0.345. The number of carbonyl (C=O) groups is 1. The molecule has 0 radical (unpaired) electrons. The first-order chi connectivity index (χ1) is 8.56. The van der Waals surface area contributed by atoms with E-state index < -0.39 is 6.04 Å². The van der Waals surface area contributed by atoms with E-state index in [0.29, 0.717) is 22.0 Å². The minimum Gasteiger partial charge on any atom is -0.464 e. The van der Waals surface area contributed by atoms with Crippen LogP contribution >= 0.6 is 15.9 Å². The van der Waals surface area contributed by atoms with Gasteiger partial charge in [-0.1, -0.05) is 0 Å². The number of fused-ring (bicyclic) bond motifs is 1. The number of hydrogen-bond donors (Lipinski definition) is 1. The summed E-state index contributed by atoms with van der Waals surface area (Å²) in [6.07, 6.45) is 3.19. The van der Waals surface area contributed by atoms with Crippen LogP contribution in [0.2, 0.25) is 0 Å². The molecule has 0 aliphatic rings. The number of H-pyrrole nitrogens is 1. The van der Waals surface area contributed by atoms with Crippen LogP contribution in [0.4, 0.5) is 0 Å². The summed E-state index contributed by atoms with van der Waals surface area (Å²) in [6, 6.07) is -0.512. The van der Waals surface area contributed by atoms with E-state index in [0.717, 1.165) is 0 Å². The molecule has 1 unspecified atom stereocenters. The second kappa shape index (κ2) is 4.93.